The molecule has 0 amide bonds. The molecular formula is C63H43N3. The van der Waals surface area contributed by atoms with E-state index in [0.717, 1.165) is 22.8 Å². The molecule has 0 bridgehead atoms. The van der Waals surface area contributed by atoms with Gasteiger partial charge < -0.3 is 9.47 Å². The van der Waals surface area contributed by atoms with Gasteiger partial charge in [-0.1, -0.05) is 200 Å². The number of aliphatic imine (C=N–C) groups is 1. The van der Waals surface area contributed by atoms with Crippen molar-refractivity contribution >= 4 is 54.7 Å². The van der Waals surface area contributed by atoms with Crippen molar-refractivity contribution in [2.45, 2.75) is 12.1 Å². The monoisotopic (exact) mass is 841 g/mol. The highest BCUT2D eigenvalue weighted by molar-refractivity contribution is 6.22. The molecule has 13 rings (SSSR count). The topological polar surface area (TPSA) is 20.5 Å². The minimum atomic E-state index is 0.0742. The lowest BCUT2D eigenvalue weighted by Gasteiger charge is -2.29. The molecule has 1 aromatic heterocycles. The van der Waals surface area contributed by atoms with Gasteiger partial charge in [-0.15, -0.1) is 0 Å². The second kappa shape index (κ2) is 15.6. The number of rotatable bonds is 7. The van der Waals surface area contributed by atoms with Gasteiger partial charge >= 0.3 is 0 Å². The third-order valence-corrected chi connectivity index (χ3v) is 13.6. The van der Waals surface area contributed by atoms with Gasteiger partial charge in [0.1, 0.15) is 5.84 Å². The van der Waals surface area contributed by atoms with Crippen LogP contribution in [-0.2, 0) is 0 Å². The first-order valence-electron chi connectivity index (χ1n) is 22.9. The van der Waals surface area contributed by atoms with Crippen molar-refractivity contribution in [2.24, 2.45) is 4.99 Å². The highest BCUT2D eigenvalue weighted by Crippen LogP contribution is 2.46. The van der Waals surface area contributed by atoms with Gasteiger partial charge in [0.05, 0.1) is 23.3 Å². The molecule has 0 spiro atoms. The first kappa shape index (κ1) is 38.0. The Hall–Kier alpha value is -8.53. The summed E-state index contributed by atoms with van der Waals surface area (Å²) in [6.45, 7) is 0. The van der Waals surface area contributed by atoms with E-state index in [1.807, 2.05) is 0 Å². The number of amidine groups is 1. The molecular weight excluding hydrogens is 799 g/mol. The largest absolute Gasteiger partial charge is 0.317 e. The summed E-state index contributed by atoms with van der Waals surface area (Å²) >= 11 is 0. The van der Waals surface area contributed by atoms with Gasteiger partial charge in [0, 0.05) is 22.3 Å². The fraction of sp³-hybridized carbons (Fsp3) is 0.0317. The van der Waals surface area contributed by atoms with Crippen molar-refractivity contribution < 1.29 is 0 Å². The zero-order valence-electron chi connectivity index (χ0n) is 36.2. The fourth-order valence-corrected chi connectivity index (χ4v) is 10.5. The van der Waals surface area contributed by atoms with Crippen molar-refractivity contribution in [2.75, 3.05) is 4.90 Å². The Morgan fingerprint density at radius 2 is 0.879 bits per heavy atom. The van der Waals surface area contributed by atoms with Gasteiger partial charge in [-0.2, -0.15) is 0 Å². The van der Waals surface area contributed by atoms with E-state index in [1.165, 1.54) is 87.9 Å². The van der Waals surface area contributed by atoms with Crippen LogP contribution >= 0.6 is 0 Å². The van der Waals surface area contributed by atoms with Gasteiger partial charge in [-0.05, 0) is 120 Å². The molecule has 3 heteroatoms. The lowest BCUT2D eigenvalue weighted by Crippen LogP contribution is -2.39. The quantitative estimate of drug-likeness (QED) is 0.146. The van der Waals surface area contributed by atoms with Gasteiger partial charge in [0.15, 0.2) is 0 Å². The van der Waals surface area contributed by atoms with E-state index >= 15 is 0 Å². The van der Waals surface area contributed by atoms with Crippen LogP contribution in [0, 0.1) is 0 Å². The molecule has 1 aliphatic carbocycles. The van der Waals surface area contributed by atoms with Crippen molar-refractivity contribution in [3.8, 4) is 50.3 Å². The smallest absolute Gasteiger partial charge is 0.136 e. The Morgan fingerprint density at radius 3 is 1.62 bits per heavy atom. The fourth-order valence-electron chi connectivity index (χ4n) is 10.5. The molecule has 3 nitrogen and oxygen atoms in total. The average Bonchev–Trinajstić information content (AvgIpc) is 3.98. The number of hydrogen-bond donors (Lipinski definition) is 0. The van der Waals surface area contributed by atoms with E-state index in [-0.39, 0.29) is 12.1 Å². The minimum absolute atomic E-state index is 0.0742. The second-order valence-electron chi connectivity index (χ2n) is 17.4. The van der Waals surface area contributed by atoms with Gasteiger partial charge in [0.25, 0.3) is 0 Å². The summed E-state index contributed by atoms with van der Waals surface area (Å²) in [6, 6.07) is 82.4. The summed E-state index contributed by atoms with van der Waals surface area (Å²) in [5.41, 5.74) is 14.2. The van der Waals surface area contributed by atoms with Crippen molar-refractivity contribution in [1.29, 1.82) is 0 Å². The first-order chi connectivity index (χ1) is 32.7. The molecule has 0 fully saturated rings. The van der Waals surface area contributed by atoms with E-state index in [0.29, 0.717) is 0 Å². The van der Waals surface area contributed by atoms with Crippen LogP contribution in [0.3, 0.4) is 0 Å². The lowest BCUT2D eigenvalue weighted by atomic mass is 9.84. The molecule has 0 N–H and O–H groups in total. The molecule has 1 aliphatic heterocycles. The molecule has 66 heavy (non-hydrogen) atoms. The maximum absolute atomic E-state index is 5.30. The van der Waals surface area contributed by atoms with E-state index in [4.69, 9.17) is 4.99 Å². The molecule has 0 saturated carbocycles. The predicted molar refractivity (Wildman–Crippen MR) is 279 cm³/mol. The highest BCUT2D eigenvalue weighted by Gasteiger charge is 2.35. The summed E-state index contributed by atoms with van der Waals surface area (Å²) in [5.74, 6) is 0.997. The van der Waals surface area contributed by atoms with E-state index in [2.05, 4.69) is 258 Å². The van der Waals surface area contributed by atoms with Crippen LogP contribution < -0.4 is 4.90 Å². The number of nitrogens with zero attached hydrogens (tertiary/aromatic N) is 3. The summed E-state index contributed by atoms with van der Waals surface area (Å²) in [6.07, 6.45) is 8.74. The number of aromatic nitrogens is 1. The second-order valence-corrected chi connectivity index (χ2v) is 17.4. The maximum Gasteiger partial charge on any atom is 0.136 e. The van der Waals surface area contributed by atoms with E-state index in [1.54, 1.807) is 0 Å². The first-order valence-corrected chi connectivity index (χ1v) is 22.9. The van der Waals surface area contributed by atoms with Crippen LogP contribution in [0.1, 0.15) is 5.56 Å². The lowest BCUT2D eigenvalue weighted by molar-refractivity contribution is 0.739. The maximum atomic E-state index is 5.30. The molecule has 310 valence electrons. The standard InChI is InChI=1S/C63H43N3/c1-3-18-51(19-4-1)65-58-25-13-9-17-50(58)41-60(65)43-28-30-45(31-29-43)62-54-23-11-10-22-53(54)61(55-38-37-49(40-56(55)62)48-36-27-42-15-7-8-16-47(42)39-48)44-32-34-46(35-33-44)63-64-57-24-12-14-26-59(57)66(63)52-20-5-2-6-21-52/h1-41,57,59H. The number of fused-ring (bicyclic) bond motifs is 5. The normalized spacial score (nSPS) is 15.5. The molecule has 10 aromatic carbocycles. The number of para-hydroxylation sites is 3. The summed E-state index contributed by atoms with van der Waals surface area (Å²) in [5, 5.41) is 8.60. The van der Waals surface area contributed by atoms with Crippen LogP contribution in [0.15, 0.2) is 254 Å². The Kier molecular flexibility index (Phi) is 8.99. The number of anilines is 1. The Balaban J connectivity index is 0.981. The minimum Gasteiger partial charge on any atom is -0.317 e. The summed E-state index contributed by atoms with van der Waals surface area (Å²) < 4.78 is 2.38. The van der Waals surface area contributed by atoms with E-state index < -0.39 is 0 Å². The molecule has 11 aromatic rings. The molecule has 0 radical (unpaired) electrons. The number of hydrogen-bond acceptors (Lipinski definition) is 2. The summed E-state index contributed by atoms with van der Waals surface area (Å²) in [7, 11) is 0. The Labute approximate surface area is 384 Å². The van der Waals surface area contributed by atoms with E-state index in [9.17, 15) is 0 Å². The molecule has 2 unspecified atom stereocenters. The Bertz CT molecular complexity index is 3750. The van der Waals surface area contributed by atoms with Crippen molar-refractivity contribution in [3.05, 3.63) is 254 Å². The molecule has 2 heterocycles. The average molecular weight is 842 g/mol. The SMILES string of the molecule is C1=CC2N=C(c3ccc(-c4c5ccccc5c(-c5ccc(-c6cc7ccccc7n6-c6ccccc6)cc5)c5cc(-c6ccc7ccccc7c6)ccc45)cc3)N(c3ccccc3)C2C=C1. The van der Waals surface area contributed by atoms with Crippen molar-refractivity contribution in [1.82, 2.24) is 4.57 Å². The van der Waals surface area contributed by atoms with Crippen LogP contribution in [0.2, 0.25) is 0 Å². The van der Waals surface area contributed by atoms with Crippen LogP contribution in [0.4, 0.5) is 5.69 Å². The Morgan fingerprint density at radius 1 is 0.348 bits per heavy atom. The van der Waals surface area contributed by atoms with Crippen molar-refractivity contribution in [3.63, 3.8) is 0 Å². The molecule has 0 saturated heterocycles. The molecule has 2 aliphatic rings. The van der Waals surface area contributed by atoms with Crippen LogP contribution in [0.5, 0.6) is 0 Å². The van der Waals surface area contributed by atoms with Crippen LogP contribution in [-0.4, -0.2) is 22.5 Å². The van der Waals surface area contributed by atoms with Gasteiger partial charge in [-0.25, -0.2) is 0 Å². The zero-order valence-corrected chi connectivity index (χ0v) is 36.2. The third-order valence-electron chi connectivity index (χ3n) is 13.6. The van der Waals surface area contributed by atoms with Gasteiger partial charge in [0.2, 0.25) is 0 Å². The number of allylic oxidation sites excluding steroid dienone is 2. The zero-order chi connectivity index (χ0) is 43.6. The third kappa shape index (κ3) is 6.31. The summed E-state index contributed by atoms with van der Waals surface area (Å²) in [4.78, 5) is 7.69. The number of benzene rings is 10. The predicted octanol–water partition coefficient (Wildman–Crippen LogP) is 15.9. The van der Waals surface area contributed by atoms with Crippen LogP contribution in [0.25, 0.3) is 93.5 Å². The van der Waals surface area contributed by atoms with Gasteiger partial charge in [-0.3, -0.25) is 4.99 Å². The molecule has 2 atom stereocenters. The highest BCUT2D eigenvalue weighted by atomic mass is 15.3.